The Balaban J connectivity index is 1.58. The fourth-order valence-electron chi connectivity index (χ4n) is 4.15. The number of piperidine rings is 2. The number of aryl methyl sites for hydroxylation is 3. The molecule has 0 unspecified atom stereocenters. The normalized spacial score (nSPS) is 21.7. The lowest BCUT2D eigenvalue weighted by Gasteiger charge is -2.40. The van der Waals surface area contributed by atoms with Crippen molar-refractivity contribution in [2.75, 3.05) is 26.2 Å². The Morgan fingerprint density at radius 1 is 1.00 bits per heavy atom. The molecular weight excluding hydrogens is 300 g/mol. The summed E-state index contributed by atoms with van der Waals surface area (Å²) in [4.78, 5) is 4.27. The van der Waals surface area contributed by atoms with E-state index in [0.717, 1.165) is 12.5 Å². The maximum Gasteiger partial charge on any atom is 0.0291 e. The Hall–Kier alpha value is -0.510. The second kappa shape index (κ2) is 8.04. The molecule has 2 aliphatic heterocycles. The van der Waals surface area contributed by atoms with Gasteiger partial charge in [0.1, 0.15) is 0 Å². The van der Waals surface area contributed by atoms with Crippen molar-refractivity contribution in [1.82, 2.24) is 9.21 Å². The van der Waals surface area contributed by atoms with Gasteiger partial charge in [0.05, 0.1) is 0 Å². The van der Waals surface area contributed by atoms with E-state index in [1.54, 1.807) is 0 Å². The van der Waals surface area contributed by atoms with Crippen LogP contribution in [0, 0.1) is 13.8 Å². The van der Waals surface area contributed by atoms with Crippen LogP contribution in [0.5, 0.6) is 0 Å². The Morgan fingerprint density at radius 2 is 1.70 bits per heavy atom. The van der Waals surface area contributed by atoms with Crippen LogP contribution in [-0.2, 0) is 6.42 Å². The maximum atomic E-state index is 2.76. The molecule has 1 aromatic rings. The summed E-state index contributed by atoms with van der Waals surface area (Å²) in [6.07, 6.45) is 8.10. The summed E-state index contributed by atoms with van der Waals surface area (Å²) >= 11 is 2.01. The van der Waals surface area contributed by atoms with E-state index in [-0.39, 0.29) is 0 Å². The van der Waals surface area contributed by atoms with Crippen molar-refractivity contribution in [2.24, 2.45) is 0 Å². The molecule has 0 bridgehead atoms. The van der Waals surface area contributed by atoms with Gasteiger partial charge in [0.25, 0.3) is 0 Å². The highest BCUT2D eigenvalue weighted by molar-refractivity contribution is 7.97. The molecule has 23 heavy (non-hydrogen) atoms. The molecule has 128 valence electrons. The predicted molar refractivity (Wildman–Crippen MR) is 101 cm³/mol. The SMILES string of the molecule is CCc1cc(C)cc(C)c1SN1CCC(N2CCCCC2)CC1. The highest BCUT2D eigenvalue weighted by atomic mass is 32.2. The summed E-state index contributed by atoms with van der Waals surface area (Å²) in [6, 6.07) is 5.55. The van der Waals surface area contributed by atoms with Gasteiger partial charge in [-0.05, 0) is 82.1 Å². The van der Waals surface area contributed by atoms with Crippen LogP contribution in [0.15, 0.2) is 17.0 Å². The number of likely N-dealkylation sites (tertiary alicyclic amines) is 1. The van der Waals surface area contributed by atoms with Crippen molar-refractivity contribution in [2.45, 2.75) is 70.2 Å². The van der Waals surface area contributed by atoms with E-state index in [0.29, 0.717) is 0 Å². The first-order valence-corrected chi connectivity index (χ1v) is 10.2. The average Bonchev–Trinajstić information content (AvgIpc) is 2.58. The third kappa shape index (κ3) is 4.32. The van der Waals surface area contributed by atoms with Gasteiger partial charge in [-0.3, -0.25) is 0 Å². The molecule has 2 heterocycles. The molecule has 2 aliphatic rings. The lowest BCUT2D eigenvalue weighted by atomic mass is 10.0. The van der Waals surface area contributed by atoms with Crippen LogP contribution in [0.2, 0.25) is 0 Å². The van der Waals surface area contributed by atoms with Crippen molar-refractivity contribution in [3.63, 3.8) is 0 Å². The predicted octanol–water partition coefficient (Wildman–Crippen LogP) is 4.82. The van der Waals surface area contributed by atoms with E-state index in [4.69, 9.17) is 0 Å². The van der Waals surface area contributed by atoms with E-state index in [2.05, 4.69) is 42.1 Å². The summed E-state index contributed by atoms with van der Waals surface area (Å²) in [7, 11) is 0. The van der Waals surface area contributed by atoms with Gasteiger partial charge in [-0.15, -0.1) is 0 Å². The number of rotatable bonds is 4. The zero-order valence-electron chi connectivity index (χ0n) is 15.1. The Labute approximate surface area is 146 Å². The van der Waals surface area contributed by atoms with Gasteiger partial charge in [0, 0.05) is 24.0 Å². The lowest BCUT2D eigenvalue weighted by Crippen LogP contribution is -2.45. The molecule has 2 nitrogen and oxygen atoms in total. The van der Waals surface area contributed by atoms with Gasteiger partial charge in [0.15, 0.2) is 0 Å². The highest BCUT2D eigenvalue weighted by Crippen LogP contribution is 2.34. The van der Waals surface area contributed by atoms with Gasteiger partial charge >= 0.3 is 0 Å². The van der Waals surface area contributed by atoms with Crippen LogP contribution in [0.4, 0.5) is 0 Å². The van der Waals surface area contributed by atoms with E-state index >= 15 is 0 Å². The molecule has 3 rings (SSSR count). The Kier molecular flexibility index (Phi) is 6.06. The average molecular weight is 333 g/mol. The summed E-state index contributed by atoms with van der Waals surface area (Å²) in [5.41, 5.74) is 4.36. The standard InChI is InChI=1S/C20H32N2S/c1-4-18-15-16(2)14-17(3)20(18)23-22-12-8-19(9-13-22)21-10-6-5-7-11-21/h14-15,19H,4-13H2,1-3H3. The second-order valence-electron chi connectivity index (χ2n) is 7.27. The van der Waals surface area contributed by atoms with Crippen molar-refractivity contribution in [3.05, 3.63) is 28.8 Å². The first-order chi connectivity index (χ1) is 11.2. The first-order valence-electron chi connectivity index (χ1n) is 9.44. The van der Waals surface area contributed by atoms with Gasteiger partial charge in [-0.2, -0.15) is 0 Å². The lowest BCUT2D eigenvalue weighted by molar-refractivity contribution is 0.120. The summed E-state index contributed by atoms with van der Waals surface area (Å²) in [5.74, 6) is 0. The van der Waals surface area contributed by atoms with Crippen molar-refractivity contribution >= 4 is 11.9 Å². The molecule has 0 spiro atoms. The van der Waals surface area contributed by atoms with Crippen LogP contribution in [-0.4, -0.2) is 41.4 Å². The van der Waals surface area contributed by atoms with Gasteiger partial charge in [-0.1, -0.05) is 31.0 Å². The number of benzene rings is 1. The van der Waals surface area contributed by atoms with Gasteiger partial charge in [-0.25, -0.2) is 4.31 Å². The number of hydrogen-bond donors (Lipinski definition) is 0. The van der Waals surface area contributed by atoms with Crippen LogP contribution >= 0.6 is 11.9 Å². The van der Waals surface area contributed by atoms with Crippen LogP contribution in [0.3, 0.4) is 0 Å². The van der Waals surface area contributed by atoms with Crippen molar-refractivity contribution < 1.29 is 0 Å². The summed E-state index contributed by atoms with van der Waals surface area (Å²) in [6.45, 7) is 11.9. The highest BCUT2D eigenvalue weighted by Gasteiger charge is 2.26. The molecule has 1 aromatic carbocycles. The zero-order chi connectivity index (χ0) is 16.2. The minimum absolute atomic E-state index is 0.844. The molecule has 0 aromatic heterocycles. The van der Waals surface area contributed by atoms with Gasteiger partial charge in [0.2, 0.25) is 0 Å². The Morgan fingerprint density at radius 3 is 2.35 bits per heavy atom. The first kappa shape index (κ1) is 17.3. The van der Waals surface area contributed by atoms with Crippen LogP contribution in [0.1, 0.15) is 55.7 Å². The number of hydrogen-bond acceptors (Lipinski definition) is 3. The largest absolute Gasteiger partial charge is 0.300 e. The number of nitrogens with zero attached hydrogens (tertiary/aromatic N) is 2. The molecule has 2 fully saturated rings. The molecular formula is C20H32N2S. The van der Waals surface area contributed by atoms with Gasteiger partial charge < -0.3 is 4.90 Å². The smallest absolute Gasteiger partial charge is 0.0291 e. The topological polar surface area (TPSA) is 6.48 Å². The molecule has 2 saturated heterocycles. The fraction of sp³-hybridized carbons (Fsp3) is 0.700. The molecule has 0 N–H and O–H groups in total. The fourth-order valence-corrected chi connectivity index (χ4v) is 5.32. The third-order valence-electron chi connectivity index (χ3n) is 5.43. The van der Waals surface area contributed by atoms with E-state index in [1.807, 2.05) is 11.9 Å². The molecule has 0 radical (unpaired) electrons. The van der Waals surface area contributed by atoms with E-state index in [1.165, 1.54) is 79.9 Å². The van der Waals surface area contributed by atoms with Crippen molar-refractivity contribution in [1.29, 1.82) is 0 Å². The quantitative estimate of drug-likeness (QED) is 0.730. The molecule has 0 saturated carbocycles. The molecule has 0 atom stereocenters. The molecule has 3 heteroatoms. The van der Waals surface area contributed by atoms with Crippen LogP contribution < -0.4 is 0 Å². The summed E-state index contributed by atoms with van der Waals surface area (Å²) < 4.78 is 2.61. The molecule has 0 amide bonds. The minimum Gasteiger partial charge on any atom is -0.300 e. The van der Waals surface area contributed by atoms with Crippen molar-refractivity contribution in [3.8, 4) is 0 Å². The second-order valence-corrected chi connectivity index (χ2v) is 8.38. The van der Waals surface area contributed by atoms with E-state index in [9.17, 15) is 0 Å². The molecule has 0 aliphatic carbocycles. The van der Waals surface area contributed by atoms with Crippen LogP contribution in [0.25, 0.3) is 0 Å². The summed E-state index contributed by atoms with van der Waals surface area (Å²) in [5, 5.41) is 0. The maximum absolute atomic E-state index is 2.76. The Bertz CT molecular complexity index is 515. The monoisotopic (exact) mass is 332 g/mol. The zero-order valence-corrected chi connectivity index (χ0v) is 15.9. The van der Waals surface area contributed by atoms with E-state index < -0.39 is 0 Å². The third-order valence-corrected chi connectivity index (χ3v) is 6.82. The minimum atomic E-state index is 0.844.